The minimum absolute atomic E-state index is 0.0193. The van der Waals surface area contributed by atoms with Gasteiger partial charge in [0.15, 0.2) is 6.29 Å². The molecule has 7 heteroatoms. The summed E-state index contributed by atoms with van der Waals surface area (Å²) in [4.78, 5) is 18.4. The van der Waals surface area contributed by atoms with Crippen molar-refractivity contribution in [2.24, 2.45) is 0 Å². The molecule has 0 saturated heterocycles. The predicted molar refractivity (Wildman–Crippen MR) is 124 cm³/mol. The van der Waals surface area contributed by atoms with Crippen LogP contribution >= 0.6 is 0 Å². The van der Waals surface area contributed by atoms with Crippen molar-refractivity contribution in [3.05, 3.63) is 56.9 Å². The van der Waals surface area contributed by atoms with Crippen molar-refractivity contribution < 1.29 is 14.9 Å². The Kier molecular flexibility index (Phi) is 4.89. The summed E-state index contributed by atoms with van der Waals surface area (Å²) < 4.78 is 7.07. The number of aryl methyl sites for hydroxylation is 1. The van der Waals surface area contributed by atoms with E-state index in [0.717, 1.165) is 34.3 Å². The van der Waals surface area contributed by atoms with E-state index >= 15 is 0 Å². The van der Waals surface area contributed by atoms with E-state index in [1.54, 1.807) is 11.5 Å². The van der Waals surface area contributed by atoms with Crippen molar-refractivity contribution in [3.63, 3.8) is 0 Å². The Balaban J connectivity index is 1.75. The molecule has 3 N–H and O–H groups in total. The molecule has 1 aromatic carbocycles. The van der Waals surface area contributed by atoms with Gasteiger partial charge < -0.3 is 24.8 Å². The Morgan fingerprint density at radius 3 is 2.75 bits per heavy atom. The Morgan fingerprint density at radius 2 is 2.06 bits per heavy atom. The molecule has 2 aromatic heterocycles. The van der Waals surface area contributed by atoms with Crippen LogP contribution in [0.4, 0.5) is 5.69 Å². The van der Waals surface area contributed by atoms with Gasteiger partial charge in [-0.25, -0.2) is 4.98 Å². The molecular weight excluding hydrogens is 406 g/mol. The normalized spacial score (nSPS) is 21.5. The highest BCUT2D eigenvalue weighted by atomic mass is 16.6. The third-order valence-corrected chi connectivity index (χ3v) is 6.77. The monoisotopic (exact) mass is 435 g/mol. The summed E-state index contributed by atoms with van der Waals surface area (Å²) in [6.07, 6.45) is -0.324. The van der Waals surface area contributed by atoms with Crippen molar-refractivity contribution in [2.75, 3.05) is 5.32 Å². The summed E-state index contributed by atoms with van der Waals surface area (Å²) in [5.41, 5.74) is 4.65. The number of aliphatic hydroxyl groups excluding tert-OH is 1. The summed E-state index contributed by atoms with van der Waals surface area (Å²) in [5.74, 6) is 0. The minimum Gasteiger partial charge on any atom is -0.383 e. The molecule has 0 radical (unpaired) electrons. The number of nitrogens with one attached hydrogen (secondary N) is 1. The maximum Gasteiger partial charge on any atom is 0.257 e. The standard InChI is InChI=1S/C25H29N3O4/c1-5-15-16-9-14(26-13(3)4)7-8-20(16)27-22-17(15)11-28-21(22)10-19-18(23(28)29)12-32-24(30)25(19,31)6-2/h7-10,13,24,26,30-31H,5-6,11-12H2,1-4H3/t24?,25-/m0/s1. The lowest BCUT2D eigenvalue weighted by Crippen LogP contribution is -2.47. The summed E-state index contributed by atoms with van der Waals surface area (Å²) >= 11 is 0. The second-order valence-electron chi connectivity index (χ2n) is 9.06. The second kappa shape index (κ2) is 7.40. The van der Waals surface area contributed by atoms with E-state index in [2.05, 4.69) is 32.2 Å². The van der Waals surface area contributed by atoms with Crippen LogP contribution in [0.25, 0.3) is 22.3 Å². The molecule has 0 fully saturated rings. The Hall–Kier alpha value is -2.74. The third kappa shape index (κ3) is 2.92. The molecule has 168 valence electrons. The molecule has 4 heterocycles. The van der Waals surface area contributed by atoms with Gasteiger partial charge in [0.1, 0.15) is 5.60 Å². The van der Waals surface area contributed by atoms with Crippen molar-refractivity contribution >= 4 is 16.6 Å². The van der Waals surface area contributed by atoms with Gasteiger partial charge in [-0.2, -0.15) is 0 Å². The SMILES string of the molecule is CCc1c2c(nc3ccc(NC(C)C)cc13)-c1cc3c(c(=O)n1C2)COC(O)[C@]3(O)CC. The summed E-state index contributed by atoms with van der Waals surface area (Å²) in [5, 5.41) is 26.0. The number of hydrogen-bond donors (Lipinski definition) is 3. The smallest absolute Gasteiger partial charge is 0.257 e. The quantitative estimate of drug-likeness (QED) is 0.455. The molecule has 0 amide bonds. The molecule has 2 aliphatic heterocycles. The van der Waals surface area contributed by atoms with Crippen molar-refractivity contribution in [2.45, 2.75) is 71.6 Å². The lowest BCUT2D eigenvalue weighted by Gasteiger charge is -2.37. The highest BCUT2D eigenvalue weighted by Gasteiger charge is 2.44. The van der Waals surface area contributed by atoms with E-state index in [1.165, 1.54) is 5.56 Å². The molecule has 2 atom stereocenters. The molecule has 32 heavy (non-hydrogen) atoms. The van der Waals surface area contributed by atoms with E-state index in [9.17, 15) is 15.0 Å². The number of pyridine rings is 2. The zero-order chi connectivity index (χ0) is 22.8. The molecule has 1 unspecified atom stereocenters. The van der Waals surface area contributed by atoms with Gasteiger partial charge in [0, 0.05) is 33.8 Å². The van der Waals surface area contributed by atoms with E-state index in [0.29, 0.717) is 29.4 Å². The van der Waals surface area contributed by atoms with Gasteiger partial charge in [0.05, 0.1) is 30.1 Å². The minimum atomic E-state index is -1.62. The average molecular weight is 436 g/mol. The fourth-order valence-electron chi connectivity index (χ4n) is 5.10. The van der Waals surface area contributed by atoms with Gasteiger partial charge in [0.2, 0.25) is 0 Å². The van der Waals surface area contributed by atoms with Crippen LogP contribution < -0.4 is 10.9 Å². The number of anilines is 1. The molecular formula is C25H29N3O4. The van der Waals surface area contributed by atoms with Crippen molar-refractivity contribution in [3.8, 4) is 11.4 Å². The van der Waals surface area contributed by atoms with Crippen LogP contribution in [0.3, 0.4) is 0 Å². The van der Waals surface area contributed by atoms with Gasteiger partial charge >= 0.3 is 0 Å². The van der Waals surface area contributed by atoms with Gasteiger partial charge in [-0.15, -0.1) is 0 Å². The first-order valence-corrected chi connectivity index (χ1v) is 11.3. The van der Waals surface area contributed by atoms with Crippen molar-refractivity contribution in [1.29, 1.82) is 0 Å². The number of ether oxygens (including phenoxy) is 1. The summed E-state index contributed by atoms with van der Waals surface area (Å²) in [7, 11) is 0. The molecule has 2 aliphatic rings. The zero-order valence-corrected chi connectivity index (χ0v) is 18.9. The molecule has 0 aliphatic carbocycles. The van der Waals surface area contributed by atoms with Crippen LogP contribution in [-0.4, -0.2) is 32.1 Å². The second-order valence-corrected chi connectivity index (χ2v) is 9.06. The van der Waals surface area contributed by atoms with Gasteiger partial charge in [-0.1, -0.05) is 13.8 Å². The maximum atomic E-state index is 13.4. The topological polar surface area (TPSA) is 96.6 Å². The number of fused-ring (bicyclic) bond motifs is 5. The molecule has 3 aromatic rings. The number of aromatic nitrogens is 2. The predicted octanol–water partition coefficient (Wildman–Crippen LogP) is 3.25. The molecule has 0 saturated carbocycles. The van der Waals surface area contributed by atoms with Crippen molar-refractivity contribution in [1.82, 2.24) is 9.55 Å². The average Bonchev–Trinajstić information content (AvgIpc) is 3.13. The number of aliphatic hydroxyl groups is 2. The van der Waals surface area contributed by atoms with Gasteiger partial charge in [0.25, 0.3) is 5.56 Å². The Labute approximate surface area is 186 Å². The van der Waals surface area contributed by atoms with E-state index < -0.39 is 11.9 Å². The zero-order valence-electron chi connectivity index (χ0n) is 18.9. The molecule has 5 rings (SSSR count). The highest BCUT2D eigenvalue weighted by Crippen LogP contribution is 2.41. The van der Waals surface area contributed by atoms with Crippen LogP contribution in [-0.2, 0) is 29.9 Å². The number of benzene rings is 1. The van der Waals surface area contributed by atoms with Crippen LogP contribution in [0.5, 0.6) is 0 Å². The van der Waals surface area contributed by atoms with E-state index in [1.807, 2.05) is 18.2 Å². The molecule has 7 nitrogen and oxygen atoms in total. The molecule has 0 spiro atoms. The number of hydrogen-bond acceptors (Lipinski definition) is 6. The lowest BCUT2D eigenvalue weighted by atomic mass is 9.85. The molecule has 0 bridgehead atoms. The van der Waals surface area contributed by atoms with E-state index in [-0.39, 0.29) is 18.6 Å². The first-order chi connectivity index (χ1) is 15.3. The van der Waals surface area contributed by atoms with Crippen LogP contribution in [0.15, 0.2) is 29.1 Å². The van der Waals surface area contributed by atoms with Crippen LogP contribution in [0.2, 0.25) is 0 Å². The summed E-state index contributed by atoms with van der Waals surface area (Å²) in [6, 6.07) is 8.32. The fourth-order valence-corrected chi connectivity index (χ4v) is 5.10. The first kappa shape index (κ1) is 21.1. The van der Waals surface area contributed by atoms with Gasteiger partial charge in [-0.05, 0) is 56.5 Å². The van der Waals surface area contributed by atoms with Crippen LogP contribution in [0, 0.1) is 0 Å². The number of rotatable bonds is 4. The largest absolute Gasteiger partial charge is 0.383 e. The van der Waals surface area contributed by atoms with Gasteiger partial charge in [-0.3, -0.25) is 4.79 Å². The summed E-state index contributed by atoms with van der Waals surface area (Å²) in [6.45, 7) is 8.52. The maximum absolute atomic E-state index is 13.4. The van der Waals surface area contributed by atoms with E-state index in [4.69, 9.17) is 9.72 Å². The third-order valence-electron chi connectivity index (χ3n) is 6.77. The Morgan fingerprint density at radius 1 is 1.28 bits per heavy atom. The van der Waals surface area contributed by atoms with Crippen LogP contribution in [0.1, 0.15) is 56.4 Å². The lowest BCUT2D eigenvalue weighted by molar-refractivity contribution is -0.236. The Bertz CT molecular complexity index is 1300. The highest BCUT2D eigenvalue weighted by molar-refractivity contribution is 5.90. The fraction of sp³-hybridized carbons (Fsp3) is 0.440. The first-order valence-electron chi connectivity index (χ1n) is 11.3. The number of nitrogens with zero attached hydrogens (tertiary/aromatic N) is 2.